The minimum Gasteiger partial charge on any atom is -0.494 e. The summed E-state index contributed by atoms with van der Waals surface area (Å²) in [5.41, 5.74) is 2.02. The Hall–Kier alpha value is -1.01. The number of hydrogen-bond donors (Lipinski definition) is 0. The van der Waals surface area contributed by atoms with E-state index in [9.17, 15) is 4.79 Å². The Balaban J connectivity index is 0.00000192. The highest BCUT2D eigenvalue weighted by molar-refractivity contribution is 8.93. The van der Waals surface area contributed by atoms with Gasteiger partial charge in [0.2, 0.25) is 0 Å². The van der Waals surface area contributed by atoms with E-state index in [-0.39, 0.29) is 22.4 Å². The van der Waals surface area contributed by atoms with Crippen LogP contribution in [0.15, 0.2) is 23.4 Å². The number of rotatable bonds is 6. The maximum atomic E-state index is 13.3. The summed E-state index contributed by atoms with van der Waals surface area (Å²) in [4.78, 5) is 18.0. The van der Waals surface area contributed by atoms with Gasteiger partial charge < -0.3 is 9.30 Å². The minimum atomic E-state index is -0.00548. The lowest BCUT2D eigenvalue weighted by molar-refractivity contribution is -0.141. The third-order valence-electron chi connectivity index (χ3n) is 7.08. The molecular formula is C22H29BrN2O2S. The van der Waals surface area contributed by atoms with Gasteiger partial charge in [0.1, 0.15) is 11.5 Å². The molecule has 0 saturated heterocycles. The van der Waals surface area contributed by atoms with Gasteiger partial charge in [0.05, 0.1) is 23.4 Å². The van der Waals surface area contributed by atoms with E-state index in [1.165, 1.54) is 19.3 Å². The molecule has 2 aromatic rings. The summed E-state index contributed by atoms with van der Waals surface area (Å²) in [6, 6.07) is 6.03. The monoisotopic (exact) mass is 464 g/mol. The van der Waals surface area contributed by atoms with E-state index >= 15 is 0 Å². The van der Waals surface area contributed by atoms with Gasteiger partial charge in [-0.25, -0.2) is 4.98 Å². The van der Waals surface area contributed by atoms with Gasteiger partial charge in [0.15, 0.2) is 5.16 Å². The standard InChI is InChI=1S/C22H28N2O2S.BrH/c1-3-26-17-4-5-19-18(9-17)23-21(24(19)2)27-13-20(25)22-10-14-6-15(11-22)8-16(7-14)12-22;/h4-5,9,14-16H,3,6-8,10-13H2,1-2H3;1H. The normalized spacial score (nSPS) is 30.4. The van der Waals surface area contributed by atoms with Crippen LogP contribution in [0.25, 0.3) is 11.0 Å². The van der Waals surface area contributed by atoms with Crippen LogP contribution in [0.1, 0.15) is 45.4 Å². The predicted molar refractivity (Wildman–Crippen MR) is 119 cm³/mol. The molecule has 4 aliphatic rings. The number of hydrogen-bond acceptors (Lipinski definition) is 4. The maximum Gasteiger partial charge on any atom is 0.169 e. The zero-order chi connectivity index (χ0) is 18.6. The zero-order valence-electron chi connectivity index (χ0n) is 16.6. The highest BCUT2D eigenvalue weighted by Gasteiger charge is 2.54. The van der Waals surface area contributed by atoms with Gasteiger partial charge in [-0.05, 0) is 75.3 Å². The molecule has 6 heteroatoms. The van der Waals surface area contributed by atoms with E-state index in [0.717, 1.165) is 59.0 Å². The Labute approximate surface area is 181 Å². The maximum absolute atomic E-state index is 13.3. The topological polar surface area (TPSA) is 44.1 Å². The molecule has 152 valence electrons. The summed E-state index contributed by atoms with van der Waals surface area (Å²) in [6.07, 6.45) is 7.60. The van der Waals surface area contributed by atoms with E-state index in [4.69, 9.17) is 9.72 Å². The van der Waals surface area contributed by atoms with Gasteiger partial charge in [-0.1, -0.05) is 11.8 Å². The van der Waals surface area contributed by atoms with Crippen LogP contribution in [-0.2, 0) is 11.8 Å². The summed E-state index contributed by atoms with van der Waals surface area (Å²) in [7, 11) is 2.03. The third kappa shape index (κ3) is 3.41. The fourth-order valence-electron chi connectivity index (χ4n) is 6.28. The average molecular weight is 465 g/mol. The van der Waals surface area contributed by atoms with Crippen molar-refractivity contribution in [1.29, 1.82) is 0 Å². The second-order valence-corrected chi connectivity index (χ2v) is 9.89. The first-order valence-electron chi connectivity index (χ1n) is 10.3. The summed E-state index contributed by atoms with van der Waals surface area (Å²) in [5.74, 6) is 4.34. The number of aromatic nitrogens is 2. The average Bonchev–Trinajstić information content (AvgIpc) is 2.94. The van der Waals surface area contributed by atoms with Crippen molar-refractivity contribution in [3.63, 3.8) is 0 Å². The van der Waals surface area contributed by atoms with E-state index < -0.39 is 0 Å². The Morgan fingerprint density at radius 2 is 1.86 bits per heavy atom. The Bertz CT molecular complexity index is 859. The molecule has 4 fully saturated rings. The molecule has 1 heterocycles. The number of ether oxygens (including phenoxy) is 1. The minimum absolute atomic E-state index is 0. The largest absolute Gasteiger partial charge is 0.494 e. The molecule has 0 aliphatic heterocycles. The van der Waals surface area contributed by atoms with Crippen molar-refractivity contribution in [2.75, 3.05) is 12.4 Å². The summed E-state index contributed by atoms with van der Waals surface area (Å²) in [6.45, 7) is 2.64. The number of nitrogens with zero attached hydrogens (tertiary/aromatic N) is 2. The van der Waals surface area contributed by atoms with Gasteiger partial charge in [-0.3, -0.25) is 4.79 Å². The van der Waals surface area contributed by atoms with Gasteiger partial charge in [0.25, 0.3) is 0 Å². The first kappa shape index (κ1) is 20.3. The molecule has 0 atom stereocenters. The predicted octanol–water partition coefficient (Wildman–Crippen LogP) is 5.43. The van der Waals surface area contributed by atoms with E-state index in [1.54, 1.807) is 11.8 Å². The number of fused-ring (bicyclic) bond motifs is 1. The smallest absolute Gasteiger partial charge is 0.169 e. The first-order chi connectivity index (χ1) is 13.1. The van der Waals surface area contributed by atoms with Crippen LogP contribution in [0, 0.1) is 23.2 Å². The van der Waals surface area contributed by atoms with Crippen LogP contribution in [0.5, 0.6) is 5.75 Å². The van der Waals surface area contributed by atoms with Gasteiger partial charge in [-0.2, -0.15) is 0 Å². The van der Waals surface area contributed by atoms with E-state index in [0.29, 0.717) is 18.1 Å². The molecule has 0 unspecified atom stereocenters. The highest BCUT2D eigenvalue weighted by atomic mass is 79.9. The molecule has 6 rings (SSSR count). The highest BCUT2D eigenvalue weighted by Crippen LogP contribution is 2.60. The molecule has 28 heavy (non-hydrogen) atoms. The van der Waals surface area contributed by atoms with Crippen molar-refractivity contribution in [2.24, 2.45) is 30.2 Å². The van der Waals surface area contributed by atoms with Gasteiger partial charge in [-0.15, -0.1) is 17.0 Å². The Kier molecular flexibility index (Phi) is 5.56. The SMILES string of the molecule is Br.CCOc1ccc2c(c1)nc(SCC(=O)C13CC4CC(CC(C4)C1)C3)n2C. The molecule has 0 amide bonds. The van der Waals surface area contributed by atoms with Crippen LogP contribution in [-0.4, -0.2) is 27.7 Å². The number of carbonyl (C=O) groups is 1. The second-order valence-electron chi connectivity index (χ2n) is 8.95. The first-order valence-corrected chi connectivity index (χ1v) is 11.3. The van der Waals surface area contributed by atoms with Crippen LogP contribution in [0.3, 0.4) is 0 Å². The van der Waals surface area contributed by atoms with Gasteiger partial charge >= 0.3 is 0 Å². The molecule has 0 spiro atoms. The van der Waals surface area contributed by atoms with E-state index in [2.05, 4.69) is 10.6 Å². The Morgan fingerprint density at radius 1 is 1.21 bits per heavy atom. The number of halogens is 1. The van der Waals surface area contributed by atoms with E-state index in [1.807, 2.05) is 26.1 Å². The molecule has 4 nitrogen and oxygen atoms in total. The number of Topliss-reactive ketones (excluding diaryl/α,β-unsaturated/α-hetero) is 1. The quantitative estimate of drug-likeness (QED) is 0.534. The number of thioether (sulfide) groups is 1. The molecule has 0 N–H and O–H groups in total. The van der Waals surface area contributed by atoms with Crippen molar-refractivity contribution >= 4 is 45.6 Å². The second kappa shape index (κ2) is 7.67. The summed E-state index contributed by atoms with van der Waals surface area (Å²) < 4.78 is 7.69. The van der Waals surface area contributed by atoms with Crippen molar-refractivity contribution < 1.29 is 9.53 Å². The van der Waals surface area contributed by atoms with Crippen molar-refractivity contribution in [1.82, 2.24) is 9.55 Å². The van der Waals surface area contributed by atoms with Gasteiger partial charge in [0, 0.05) is 18.5 Å². The lowest BCUT2D eigenvalue weighted by Gasteiger charge is -2.56. The molecular weight excluding hydrogens is 436 g/mol. The van der Waals surface area contributed by atoms with Crippen LogP contribution in [0.4, 0.5) is 0 Å². The molecule has 4 aliphatic carbocycles. The summed E-state index contributed by atoms with van der Waals surface area (Å²) >= 11 is 1.61. The van der Waals surface area contributed by atoms with Crippen molar-refractivity contribution in [3.05, 3.63) is 18.2 Å². The van der Waals surface area contributed by atoms with Crippen LogP contribution >= 0.6 is 28.7 Å². The number of benzene rings is 1. The lowest BCUT2D eigenvalue weighted by atomic mass is 9.48. The fraction of sp³-hybridized carbons (Fsp3) is 0.636. The van der Waals surface area contributed by atoms with Crippen molar-refractivity contribution in [3.8, 4) is 5.75 Å². The Morgan fingerprint density at radius 3 is 2.46 bits per heavy atom. The van der Waals surface area contributed by atoms with Crippen molar-refractivity contribution in [2.45, 2.75) is 50.6 Å². The lowest BCUT2D eigenvalue weighted by Crippen LogP contribution is -2.50. The number of imidazole rings is 1. The fourth-order valence-corrected chi connectivity index (χ4v) is 7.30. The van der Waals surface area contributed by atoms with Crippen LogP contribution in [0.2, 0.25) is 0 Å². The molecule has 1 aromatic carbocycles. The summed E-state index contributed by atoms with van der Waals surface area (Å²) in [5, 5.41) is 0.928. The number of ketones is 1. The molecule has 1 aromatic heterocycles. The zero-order valence-corrected chi connectivity index (χ0v) is 19.2. The molecule has 4 bridgehead atoms. The third-order valence-corrected chi connectivity index (χ3v) is 8.11. The van der Waals surface area contributed by atoms with Crippen LogP contribution < -0.4 is 4.74 Å². The molecule has 4 saturated carbocycles. The number of carbonyl (C=O) groups excluding carboxylic acids is 1. The number of aryl methyl sites for hydroxylation is 1. The molecule has 0 radical (unpaired) electrons.